The average molecular weight is 592 g/mol. The van der Waals surface area contributed by atoms with Gasteiger partial charge in [0.05, 0.1) is 29.9 Å². The number of para-hydroxylation sites is 1. The molecule has 1 aliphatic heterocycles. The Kier molecular flexibility index (Phi) is 9.19. The van der Waals surface area contributed by atoms with Crippen molar-refractivity contribution in [3.8, 4) is 11.4 Å². The number of anilines is 1. The Hall–Kier alpha value is -3.51. The lowest BCUT2D eigenvalue weighted by Gasteiger charge is -2.26. The lowest BCUT2D eigenvalue weighted by molar-refractivity contribution is -0.116. The molecule has 41 heavy (non-hydrogen) atoms. The number of sulfonamides is 1. The zero-order chi connectivity index (χ0) is 28.8. The van der Waals surface area contributed by atoms with Crippen LogP contribution in [-0.4, -0.2) is 72.0 Å². The van der Waals surface area contributed by atoms with Crippen LogP contribution in [0.25, 0.3) is 11.4 Å². The summed E-state index contributed by atoms with van der Waals surface area (Å²) in [5, 5.41) is 9.57. The molecule has 1 aliphatic rings. The van der Waals surface area contributed by atoms with Gasteiger partial charge in [0, 0.05) is 30.9 Å². The van der Waals surface area contributed by atoms with Crippen LogP contribution in [0.15, 0.2) is 95.0 Å². The first kappa shape index (κ1) is 29.0. The van der Waals surface area contributed by atoms with Gasteiger partial charge in [-0.15, -0.1) is 10.2 Å². The minimum Gasteiger partial charge on any atom is -0.379 e. The summed E-state index contributed by atoms with van der Waals surface area (Å²) >= 11 is 1.32. The predicted octanol–water partition coefficient (Wildman–Crippen LogP) is 4.72. The number of hydrogen-bond acceptors (Lipinski definition) is 7. The molecular formula is C30H33N5O4S2. The Bertz CT molecular complexity index is 1570. The van der Waals surface area contributed by atoms with Crippen molar-refractivity contribution in [1.82, 2.24) is 19.1 Å². The van der Waals surface area contributed by atoms with Crippen molar-refractivity contribution in [2.45, 2.75) is 29.9 Å². The highest BCUT2D eigenvalue weighted by Crippen LogP contribution is 2.32. The van der Waals surface area contributed by atoms with E-state index in [1.807, 2.05) is 85.1 Å². The van der Waals surface area contributed by atoms with Gasteiger partial charge in [0.1, 0.15) is 0 Å². The summed E-state index contributed by atoms with van der Waals surface area (Å²) in [5.41, 5.74) is 2.52. The molecule has 1 aromatic heterocycles. The van der Waals surface area contributed by atoms with Gasteiger partial charge < -0.3 is 9.64 Å². The Balaban J connectivity index is 1.48. The number of rotatable bonds is 10. The van der Waals surface area contributed by atoms with Crippen molar-refractivity contribution >= 4 is 33.4 Å². The van der Waals surface area contributed by atoms with E-state index in [-0.39, 0.29) is 22.6 Å². The molecule has 0 bridgehead atoms. The van der Waals surface area contributed by atoms with Crippen LogP contribution in [0.4, 0.5) is 5.69 Å². The highest BCUT2D eigenvalue weighted by Gasteiger charge is 2.28. The number of nitrogens with zero attached hydrogens (tertiary/aromatic N) is 5. The number of amides is 1. The standard InChI is InChI=1S/C30H33N5O4S2/c1-3-34(26-14-8-5-9-15-26)28(36)22-40-30-32-31-29(35(30)23(2)24-11-6-4-7-12-24)25-13-10-16-27(21-25)41(37,38)33-17-19-39-20-18-33/h4-16,21,23H,3,17-20,22H2,1-2H3/t23-/m0/s1. The van der Waals surface area contributed by atoms with Crippen molar-refractivity contribution in [3.05, 3.63) is 90.5 Å². The molecule has 4 aromatic rings. The monoisotopic (exact) mass is 591 g/mol. The first-order chi connectivity index (χ1) is 19.9. The van der Waals surface area contributed by atoms with Gasteiger partial charge in [-0.25, -0.2) is 8.42 Å². The van der Waals surface area contributed by atoms with Crippen molar-refractivity contribution < 1.29 is 17.9 Å². The van der Waals surface area contributed by atoms with Gasteiger partial charge in [0.15, 0.2) is 11.0 Å². The molecule has 1 fully saturated rings. The molecule has 1 atom stereocenters. The molecule has 2 heterocycles. The smallest absolute Gasteiger partial charge is 0.243 e. The van der Waals surface area contributed by atoms with Gasteiger partial charge in [-0.1, -0.05) is 72.4 Å². The zero-order valence-electron chi connectivity index (χ0n) is 23.1. The summed E-state index contributed by atoms with van der Waals surface area (Å²) in [7, 11) is -3.69. The highest BCUT2D eigenvalue weighted by atomic mass is 32.2. The highest BCUT2D eigenvalue weighted by molar-refractivity contribution is 7.99. The number of hydrogen-bond donors (Lipinski definition) is 0. The van der Waals surface area contributed by atoms with Crippen molar-refractivity contribution in [1.29, 1.82) is 0 Å². The first-order valence-electron chi connectivity index (χ1n) is 13.6. The van der Waals surface area contributed by atoms with Gasteiger partial charge in [-0.3, -0.25) is 9.36 Å². The lowest BCUT2D eigenvalue weighted by atomic mass is 10.1. The van der Waals surface area contributed by atoms with Crippen LogP contribution >= 0.6 is 11.8 Å². The number of ether oxygens (including phenoxy) is 1. The second kappa shape index (κ2) is 13.0. The molecule has 5 rings (SSSR count). The second-order valence-corrected chi connectivity index (χ2v) is 12.4. The lowest BCUT2D eigenvalue weighted by Crippen LogP contribution is -2.40. The number of aromatic nitrogens is 3. The zero-order valence-corrected chi connectivity index (χ0v) is 24.7. The van der Waals surface area contributed by atoms with Gasteiger partial charge in [0.25, 0.3) is 0 Å². The molecule has 0 N–H and O–H groups in total. The van der Waals surface area contributed by atoms with E-state index in [0.29, 0.717) is 49.4 Å². The van der Waals surface area contributed by atoms with Gasteiger partial charge in [-0.05, 0) is 43.7 Å². The minimum atomic E-state index is -3.69. The van der Waals surface area contributed by atoms with Crippen LogP contribution in [0.2, 0.25) is 0 Å². The predicted molar refractivity (Wildman–Crippen MR) is 160 cm³/mol. The Labute approximate surface area is 245 Å². The van der Waals surface area contributed by atoms with Crippen LogP contribution in [-0.2, 0) is 19.6 Å². The molecule has 0 radical (unpaired) electrons. The summed E-state index contributed by atoms with van der Waals surface area (Å²) in [5.74, 6) is 0.671. The quantitative estimate of drug-likeness (QED) is 0.246. The van der Waals surface area contributed by atoms with Crippen LogP contribution in [0.5, 0.6) is 0 Å². The van der Waals surface area contributed by atoms with E-state index in [2.05, 4.69) is 10.2 Å². The molecular weight excluding hydrogens is 558 g/mol. The maximum atomic E-state index is 13.4. The van der Waals surface area contributed by atoms with E-state index in [0.717, 1.165) is 11.3 Å². The van der Waals surface area contributed by atoms with E-state index in [1.165, 1.54) is 16.1 Å². The number of thioether (sulfide) groups is 1. The van der Waals surface area contributed by atoms with Gasteiger partial charge in [0.2, 0.25) is 15.9 Å². The van der Waals surface area contributed by atoms with Gasteiger partial charge >= 0.3 is 0 Å². The van der Waals surface area contributed by atoms with E-state index in [9.17, 15) is 13.2 Å². The summed E-state index contributed by atoms with van der Waals surface area (Å²) in [6.45, 7) is 5.94. The first-order valence-corrected chi connectivity index (χ1v) is 16.0. The fraction of sp³-hybridized carbons (Fsp3) is 0.300. The number of carbonyl (C=O) groups is 1. The molecule has 11 heteroatoms. The summed E-state index contributed by atoms with van der Waals surface area (Å²) in [6, 6.07) is 26.2. The Morgan fingerprint density at radius 2 is 1.66 bits per heavy atom. The fourth-order valence-corrected chi connectivity index (χ4v) is 7.19. The SMILES string of the molecule is CCN(C(=O)CSc1nnc(-c2cccc(S(=O)(=O)N3CCOCC3)c2)n1[C@@H](C)c1ccccc1)c1ccccc1. The molecule has 0 aliphatic carbocycles. The van der Waals surface area contributed by atoms with Crippen LogP contribution in [0, 0.1) is 0 Å². The molecule has 1 amide bonds. The van der Waals surface area contributed by atoms with Gasteiger partial charge in [-0.2, -0.15) is 4.31 Å². The number of benzene rings is 3. The van der Waals surface area contributed by atoms with Crippen molar-refractivity contribution in [2.75, 3.05) is 43.5 Å². The number of morpholine rings is 1. The largest absolute Gasteiger partial charge is 0.379 e. The topological polar surface area (TPSA) is 97.6 Å². The van der Waals surface area contributed by atoms with E-state index in [1.54, 1.807) is 23.1 Å². The Morgan fingerprint density at radius 1 is 0.976 bits per heavy atom. The number of carbonyl (C=O) groups excluding carboxylic acids is 1. The second-order valence-electron chi connectivity index (χ2n) is 9.57. The third-order valence-corrected chi connectivity index (χ3v) is 9.87. The van der Waals surface area contributed by atoms with Crippen LogP contribution in [0.3, 0.4) is 0 Å². The van der Waals surface area contributed by atoms with Crippen LogP contribution in [0.1, 0.15) is 25.5 Å². The van der Waals surface area contributed by atoms with E-state index < -0.39 is 10.0 Å². The maximum absolute atomic E-state index is 13.4. The summed E-state index contributed by atoms with van der Waals surface area (Å²) in [6.07, 6.45) is 0. The third kappa shape index (κ3) is 6.38. The molecule has 3 aromatic carbocycles. The molecule has 0 spiro atoms. The normalized spacial score (nSPS) is 15.0. The Morgan fingerprint density at radius 3 is 2.34 bits per heavy atom. The maximum Gasteiger partial charge on any atom is 0.243 e. The van der Waals surface area contributed by atoms with Crippen molar-refractivity contribution in [2.24, 2.45) is 0 Å². The van der Waals surface area contributed by atoms with Crippen molar-refractivity contribution in [3.63, 3.8) is 0 Å². The van der Waals surface area contributed by atoms with Crippen LogP contribution < -0.4 is 4.90 Å². The van der Waals surface area contributed by atoms with E-state index >= 15 is 0 Å². The molecule has 1 saturated heterocycles. The van der Waals surface area contributed by atoms with E-state index in [4.69, 9.17) is 4.74 Å². The fourth-order valence-electron chi connectivity index (χ4n) is 4.85. The summed E-state index contributed by atoms with van der Waals surface area (Å²) in [4.78, 5) is 15.2. The molecule has 0 unspecified atom stereocenters. The molecule has 0 saturated carbocycles. The summed E-state index contributed by atoms with van der Waals surface area (Å²) < 4.78 is 35.5. The minimum absolute atomic E-state index is 0.0363. The molecule has 214 valence electrons. The third-order valence-electron chi connectivity index (χ3n) is 7.04. The molecule has 9 nitrogen and oxygen atoms in total. The average Bonchev–Trinajstić information content (AvgIpc) is 3.45.